The molecule has 1 aromatic heterocycles. The van der Waals surface area contributed by atoms with Crippen molar-refractivity contribution >= 4 is 11.3 Å². The summed E-state index contributed by atoms with van der Waals surface area (Å²) in [6.45, 7) is 0. The number of hydrogen-bond acceptors (Lipinski definition) is 3. The number of hydrogen-bond donors (Lipinski definition) is 1. The second-order valence-corrected chi connectivity index (χ2v) is 5.47. The van der Waals surface area contributed by atoms with Gasteiger partial charge in [0.2, 0.25) is 0 Å². The highest BCUT2D eigenvalue weighted by Crippen LogP contribution is 2.26. The Labute approximate surface area is 105 Å². The van der Waals surface area contributed by atoms with Crippen LogP contribution in [0.3, 0.4) is 0 Å². The van der Waals surface area contributed by atoms with Crippen LogP contribution in [-0.2, 0) is 19.3 Å². The molecule has 0 radical (unpaired) electrons. The van der Waals surface area contributed by atoms with Crippen LogP contribution in [0.2, 0.25) is 0 Å². The molecule has 1 unspecified atom stereocenters. The Balaban J connectivity index is 1.77. The fourth-order valence-electron chi connectivity index (χ4n) is 2.46. The molecule has 1 N–H and O–H groups in total. The highest BCUT2D eigenvalue weighted by molar-refractivity contribution is 7.09. The smallest absolute Gasteiger partial charge is 0.121 e. The minimum absolute atomic E-state index is 0.463. The van der Waals surface area contributed by atoms with Crippen LogP contribution in [0, 0.1) is 0 Å². The summed E-state index contributed by atoms with van der Waals surface area (Å²) in [6, 6.07) is 6.60. The quantitative estimate of drug-likeness (QED) is 0.902. The maximum atomic E-state index is 10.1. The van der Waals surface area contributed by atoms with Crippen molar-refractivity contribution in [1.82, 2.24) is 4.98 Å². The molecule has 1 atom stereocenters. The molecule has 3 heteroatoms. The van der Waals surface area contributed by atoms with Gasteiger partial charge in [-0.1, -0.05) is 18.2 Å². The molecule has 1 aromatic carbocycles. The highest BCUT2D eigenvalue weighted by atomic mass is 32.1. The fourth-order valence-corrected chi connectivity index (χ4v) is 3.09. The molecule has 0 amide bonds. The second kappa shape index (κ2) is 4.59. The molecule has 0 aliphatic heterocycles. The van der Waals surface area contributed by atoms with E-state index in [0.29, 0.717) is 6.42 Å². The number of nitrogens with zero attached hydrogens (tertiary/aromatic N) is 1. The fraction of sp³-hybridized carbons (Fsp3) is 0.357. The van der Waals surface area contributed by atoms with Crippen LogP contribution in [0.4, 0.5) is 0 Å². The van der Waals surface area contributed by atoms with Gasteiger partial charge in [0.25, 0.3) is 0 Å². The number of aliphatic hydroxyl groups excluding tert-OH is 1. The maximum absolute atomic E-state index is 10.1. The lowest BCUT2D eigenvalue weighted by Gasteiger charge is -2.09. The van der Waals surface area contributed by atoms with Gasteiger partial charge in [-0.25, -0.2) is 4.98 Å². The van der Waals surface area contributed by atoms with Gasteiger partial charge in [0, 0.05) is 18.0 Å². The standard InChI is InChI=1S/C14H15NOS/c16-13(14-15-6-7-17-14)9-10-4-5-11-2-1-3-12(11)8-10/h4-8,13,16H,1-3,9H2. The monoisotopic (exact) mass is 245 g/mol. The SMILES string of the molecule is OC(Cc1ccc2c(c1)CCC2)c1nccs1. The predicted octanol–water partition coefficient (Wildman–Crippen LogP) is 2.91. The first-order valence-electron chi connectivity index (χ1n) is 6.01. The average molecular weight is 245 g/mol. The summed E-state index contributed by atoms with van der Waals surface area (Å²) < 4.78 is 0. The first kappa shape index (κ1) is 10.9. The van der Waals surface area contributed by atoms with E-state index in [4.69, 9.17) is 0 Å². The van der Waals surface area contributed by atoms with E-state index in [1.807, 2.05) is 5.38 Å². The minimum Gasteiger partial charge on any atom is -0.386 e. The first-order chi connectivity index (χ1) is 8.33. The van der Waals surface area contributed by atoms with E-state index in [9.17, 15) is 5.11 Å². The molecule has 17 heavy (non-hydrogen) atoms. The zero-order valence-electron chi connectivity index (χ0n) is 9.60. The van der Waals surface area contributed by atoms with Crippen molar-refractivity contribution < 1.29 is 5.11 Å². The third-order valence-corrected chi connectivity index (χ3v) is 4.21. The molecule has 0 spiro atoms. The van der Waals surface area contributed by atoms with E-state index in [2.05, 4.69) is 23.2 Å². The molecule has 2 nitrogen and oxygen atoms in total. The minimum atomic E-state index is -0.463. The van der Waals surface area contributed by atoms with Gasteiger partial charge in [-0.3, -0.25) is 0 Å². The van der Waals surface area contributed by atoms with Crippen LogP contribution in [0.25, 0.3) is 0 Å². The Morgan fingerprint density at radius 1 is 1.29 bits per heavy atom. The van der Waals surface area contributed by atoms with Crippen LogP contribution in [-0.4, -0.2) is 10.1 Å². The van der Waals surface area contributed by atoms with Gasteiger partial charge in [0.1, 0.15) is 11.1 Å². The summed E-state index contributed by atoms with van der Waals surface area (Å²) in [6.07, 6.45) is 5.62. The van der Waals surface area contributed by atoms with Crippen molar-refractivity contribution in [1.29, 1.82) is 0 Å². The van der Waals surface area contributed by atoms with Crippen molar-refractivity contribution in [3.8, 4) is 0 Å². The molecular weight excluding hydrogens is 230 g/mol. The number of rotatable bonds is 3. The third kappa shape index (κ3) is 2.26. The van der Waals surface area contributed by atoms with Crippen LogP contribution in [0.15, 0.2) is 29.8 Å². The summed E-state index contributed by atoms with van der Waals surface area (Å²) in [5, 5.41) is 12.8. The lowest BCUT2D eigenvalue weighted by Crippen LogP contribution is -2.01. The van der Waals surface area contributed by atoms with Crippen LogP contribution >= 0.6 is 11.3 Å². The van der Waals surface area contributed by atoms with Crippen molar-refractivity contribution in [2.75, 3.05) is 0 Å². The van der Waals surface area contributed by atoms with Gasteiger partial charge < -0.3 is 5.11 Å². The molecule has 0 fully saturated rings. The van der Waals surface area contributed by atoms with Crippen molar-refractivity contribution in [3.05, 3.63) is 51.5 Å². The van der Waals surface area contributed by atoms with E-state index in [1.165, 1.54) is 47.3 Å². The van der Waals surface area contributed by atoms with Crippen molar-refractivity contribution in [2.24, 2.45) is 0 Å². The molecule has 1 aliphatic rings. The van der Waals surface area contributed by atoms with Gasteiger partial charge in [0.05, 0.1) is 0 Å². The highest BCUT2D eigenvalue weighted by Gasteiger charge is 2.14. The van der Waals surface area contributed by atoms with Crippen LogP contribution in [0.1, 0.15) is 34.2 Å². The zero-order chi connectivity index (χ0) is 11.7. The Bertz CT molecular complexity index is 507. The molecule has 0 bridgehead atoms. The van der Waals surface area contributed by atoms with Gasteiger partial charge >= 0.3 is 0 Å². The van der Waals surface area contributed by atoms with Crippen LogP contribution in [0.5, 0.6) is 0 Å². The Morgan fingerprint density at radius 2 is 2.18 bits per heavy atom. The number of aliphatic hydroxyl groups is 1. The molecule has 1 aliphatic carbocycles. The molecule has 0 saturated carbocycles. The van der Waals surface area contributed by atoms with Gasteiger partial charge in [-0.2, -0.15) is 0 Å². The number of fused-ring (bicyclic) bond motifs is 1. The van der Waals surface area contributed by atoms with Crippen molar-refractivity contribution in [3.63, 3.8) is 0 Å². The van der Waals surface area contributed by atoms with E-state index in [1.54, 1.807) is 6.20 Å². The first-order valence-corrected chi connectivity index (χ1v) is 6.89. The largest absolute Gasteiger partial charge is 0.386 e. The Kier molecular flexibility index (Phi) is 2.95. The lowest BCUT2D eigenvalue weighted by molar-refractivity contribution is 0.178. The number of thiazole rings is 1. The summed E-state index contributed by atoms with van der Waals surface area (Å²) in [4.78, 5) is 4.15. The number of aryl methyl sites for hydroxylation is 2. The Hall–Kier alpha value is -1.19. The summed E-state index contributed by atoms with van der Waals surface area (Å²) in [5.74, 6) is 0. The molecule has 88 valence electrons. The van der Waals surface area contributed by atoms with Gasteiger partial charge in [-0.15, -0.1) is 11.3 Å². The lowest BCUT2D eigenvalue weighted by atomic mass is 10.0. The van der Waals surface area contributed by atoms with E-state index >= 15 is 0 Å². The number of aromatic nitrogens is 1. The van der Waals surface area contributed by atoms with Crippen molar-refractivity contribution in [2.45, 2.75) is 31.8 Å². The molecule has 3 rings (SSSR count). The maximum Gasteiger partial charge on any atom is 0.121 e. The van der Waals surface area contributed by atoms with E-state index in [-0.39, 0.29) is 0 Å². The average Bonchev–Trinajstić information content (AvgIpc) is 2.99. The summed E-state index contributed by atoms with van der Waals surface area (Å²) >= 11 is 1.51. The molecule has 0 saturated heterocycles. The molecular formula is C14H15NOS. The predicted molar refractivity (Wildman–Crippen MR) is 69.2 cm³/mol. The third-order valence-electron chi connectivity index (χ3n) is 3.33. The van der Waals surface area contributed by atoms with Gasteiger partial charge in [-0.05, 0) is 36.0 Å². The molecule has 2 aromatic rings. The summed E-state index contributed by atoms with van der Waals surface area (Å²) in [5.41, 5.74) is 4.17. The second-order valence-electron chi connectivity index (χ2n) is 4.55. The van der Waals surface area contributed by atoms with Gasteiger partial charge in [0.15, 0.2) is 0 Å². The molecule has 1 heterocycles. The van der Waals surface area contributed by atoms with E-state index in [0.717, 1.165) is 5.01 Å². The summed E-state index contributed by atoms with van der Waals surface area (Å²) in [7, 11) is 0. The normalized spacial score (nSPS) is 15.8. The number of benzene rings is 1. The Morgan fingerprint density at radius 3 is 3.00 bits per heavy atom. The van der Waals surface area contributed by atoms with Crippen LogP contribution < -0.4 is 0 Å². The van der Waals surface area contributed by atoms with E-state index < -0.39 is 6.10 Å². The topological polar surface area (TPSA) is 33.1 Å². The zero-order valence-corrected chi connectivity index (χ0v) is 10.4.